The largest absolute Gasteiger partial charge is 0.366 e. The molecule has 1 aromatic rings. The lowest BCUT2D eigenvalue weighted by Gasteiger charge is -2.25. The fourth-order valence-electron chi connectivity index (χ4n) is 2.73. The summed E-state index contributed by atoms with van der Waals surface area (Å²) in [7, 11) is 0. The number of pyridine rings is 1. The lowest BCUT2D eigenvalue weighted by atomic mass is 10.1. The minimum Gasteiger partial charge on any atom is -0.366 e. The smallest absolute Gasteiger partial charge is 0.143 e. The zero-order valence-electron chi connectivity index (χ0n) is 8.49. The van der Waals surface area contributed by atoms with E-state index in [0.29, 0.717) is 6.04 Å². The molecule has 0 amide bonds. The number of aromatic nitrogens is 1. The van der Waals surface area contributed by atoms with Crippen LogP contribution in [0.3, 0.4) is 0 Å². The van der Waals surface area contributed by atoms with Crippen LogP contribution in [0.4, 0.5) is 10.1 Å². The number of hydrogen-bond acceptors (Lipinski definition) is 3. The lowest BCUT2D eigenvalue weighted by Crippen LogP contribution is -2.34. The van der Waals surface area contributed by atoms with Crippen LogP contribution < -0.4 is 10.2 Å². The van der Waals surface area contributed by atoms with Crippen LogP contribution in [-0.4, -0.2) is 30.7 Å². The van der Waals surface area contributed by atoms with Crippen molar-refractivity contribution in [3.63, 3.8) is 0 Å². The van der Waals surface area contributed by atoms with Gasteiger partial charge < -0.3 is 10.2 Å². The van der Waals surface area contributed by atoms with E-state index >= 15 is 0 Å². The van der Waals surface area contributed by atoms with E-state index in [1.165, 1.54) is 12.6 Å². The minimum atomic E-state index is -0.248. The molecule has 0 unspecified atom stereocenters. The van der Waals surface area contributed by atoms with Crippen molar-refractivity contribution in [2.75, 3.05) is 24.5 Å². The quantitative estimate of drug-likeness (QED) is 0.745. The molecule has 15 heavy (non-hydrogen) atoms. The van der Waals surface area contributed by atoms with Gasteiger partial charge in [0.05, 0.1) is 18.1 Å². The van der Waals surface area contributed by atoms with Gasteiger partial charge in [0.2, 0.25) is 0 Å². The Morgan fingerprint density at radius 2 is 2.33 bits per heavy atom. The van der Waals surface area contributed by atoms with Gasteiger partial charge in [0.25, 0.3) is 0 Å². The van der Waals surface area contributed by atoms with Gasteiger partial charge in [-0.25, -0.2) is 4.39 Å². The highest BCUT2D eigenvalue weighted by Crippen LogP contribution is 2.31. The standard InChI is InChI=1S/C11H14FN3/c12-9-3-10(6-14-5-9)15-2-1-8-4-13-7-11(8)15/h3,5-6,8,11,13H,1-2,4,7H2/t8-,11+/m0/s1. The number of halogens is 1. The van der Waals surface area contributed by atoms with Gasteiger partial charge in [0.15, 0.2) is 0 Å². The van der Waals surface area contributed by atoms with E-state index < -0.39 is 0 Å². The number of rotatable bonds is 1. The molecular formula is C11H14FN3. The van der Waals surface area contributed by atoms with Crippen LogP contribution in [0.1, 0.15) is 6.42 Å². The molecule has 4 heteroatoms. The van der Waals surface area contributed by atoms with Gasteiger partial charge in [-0.05, 0) is 12.3 Å². The van der Waals surface area contributed by atoms with Crippen molar-refractivity contribution >= 4 is 5.69 Å². The molecule has 0 saturated carbocycles. The Morgan fingerprint density at radius 3 is 3.20 bits per heavy atom. The molecular weight excluding hydrogens is 193 g/mol. The fourth-order valence-corrected chi connectivity index (χ4v) is 2.73. The van der Waals surface area contributed by atoms with Crippen LogP contribution in [-0.2, 0) is 0 Å². The highest BCUT2D eigenvalue weighted by atomic mass is 19.1. The van der Waals surface area contributed by atoms with E-state index in [9.17, 15) is 4.39 Å². The highest BCUT2D eigenvalue weighted by molar-refractivity contribution is 5.47. The van der Waals surface area contributed by atoms with E-state index in [0.717, 1.165) is 31.2 Å². The van der Waals surface area contributed by atoms with Crippen molar-refractivity contribution in [1.29, 1.82) is 0 Å². The SMILES string of the molecule is Fc1cncc(N2CC[C@H]3CNC[C@H]32)c1. The fraction of sp³-hybridized carbons (Fsp3) is 0.545. The van der Waals surface area contributed by atoms with E-state index in [4.69, 9.17) is 0 Å². The van der Waals surface area contributed by atoms with Crippen LogP contribution in [0.15, 0.2) is 18.5 Å². The van der Waals surface area contributed by atoms with Gasteiger partial charge in [-0.15, -0.1) is 0 Å². The molecule has 0 radical (unpaired) electrons. The Labute approximate surface area is 88.3 Å². The monoisotopic (exact) mass is 207 g/mol. The lowest BCUT2D eigenvalue weighted by molar-refractivity contribution is 0.577. The van der Waals surface area contributed by atoms with Gasteiger partial charge in [-0.3, -0.25) is 4.98 Å². The van der Waals surface area contributed by atoms with Crippen molar-refractivity contribution < 1.29 is 4.39 Å². The average molecular weight is 207 g/mol. The molecule has 0 aliphatic carbocycles. The molecule has 1 aromatic heterocycles. The maximum Gasteiger partial charge on any atom is 0.143 e. The van der Waals surface area contributed by atoms with Gasteiger partial charge >= 0.3 is 0 Å². The second-order valence-electron chi connectivity index (χ2n) is 4.33. The molecule has 0 spiro atoms. The van der Waals surface area contributed by atoms with Crippen LogP contribution in [0.2, 0.25) is 0 Å². The van der Waals surface area contributed by atoms with Gasteiger partial charge in [-0.1, -0.05) is 0 Å². The van der Waals surface area contributed by atoms with Crippen molar-refractivity contribution in [3.8, 4) is 0 Å². The minimum absolute atomic E-state index is 0.248. The molecule has 2 saturated heterocycles. The van der Waals surface area contributed by atoms with Crippen molar-refractivity contribution in [2.45, 2.75) is 12.5 Å². The molecule has 3 nitrogen and oxygen atoms in total. The molecule has 80 valence electrons. The molecule has 3 heterocycles. The maximum absolute atomic E-state index is 13.1. The first-order chi connectivity index (χ1) is 7.34. The summed E-state index contributed by atoms with van der Waals surface area (Å²) in [5.41, 5.74) is 0.922. The third-order valence-electron chi connectivity index (χ3n) is 3.47. The van der Waals surface area contributed by atoms with Crippen molar-refractivity contribution in [3.05, 3.63) is 24.3 Å². The van der Waals surface area contributed by atoms with Crippen molar-refractivity contribution in [2.24, 2.45) is 5.92 Å². The number of nitrogens with zero attached hydrogens (tertiary/aromatic N) is 2. The first-order valence-electron chi connectivity index (χ1n) is 5.42. The summed E-state index contributed by atoms with van der Waals surface area (Å²) in [6.45, 7) is 3.15. The second-order valence-corrected chi connectivity index (χ2v) is 4.33. The third kappa shape index (κ3) is 1.49. The third-order valence-corrected chi connectivity index (χ3v) is 3.47. The first kappa shape index (κ1) is 9.09. The zero-order valence-corrected chi connectivity index (χ0v) is 8.49. The Hall–Kier alpha value is -1.16. The van der Waals surface area contributed by atoms with Crippen LogP contribution >= 0.6 is 0 Å². The topological polar surface area (TPSA) is 28.2 Å². The van der Waals surface area contributed by atoms with E-state index in [1.54, 1.807) is 12.3 Å². The van der Waals surface area contributed by atoms with Crippen LogP contribution in [0.25, 0.3) is 0 Å². The zero-order chi connectivity index (χ0) is 10.3. The summed E-state index contributed by atoms with van der Waals surface area (Å²) in [4.78, 5) is 6.18. The summed E-state index contributed by atoms with van der Waals surface area (Å²) in [6, 6.07) is 2.11. The molecule has 3 rings (SSSR count). The molecule has 2 aliphatic rings. The van der Waals surface area contributed by atoms with E-state index in [-0.39, 0.29) is 5.82 Å². The normalized spacial score (nSPS) is 29.5. The van der Waals surface area contributed by atoms with Gasteiger partial charge in [0.1, 0.15) is 5.82 Å². The predicted octanol–water partition coefficient (Wildman–Crippen LogP) is 1.02. The summed E-state index contributed by atoms with van der Waals surface area (Å²) >= 11 is 0. The van der Waals surface area contributed by atoms with Crippen molar-refractivity contribution in [1.82, 2.24) is 10.3 Å². The number of anilines is 1. The summed E-state index contributed by atoms with van der Waals surface area (Å²) in [5, 5.41) is 3.38. The average Bonchev–Trinajstić information content (AvgIpc) is 2.77. The Bertz CT molecular complexity index is 369. The molecule has 0 bridgehead atoms. The van der Waals surface area contributed by atoms with Crippen LogP contribution in [0.5, 0.6) is 0 Å². The number of hydrogen-bond donors (Lipinski definition) is 1. The second kappa shape index (κ2) is 3.45. The molecule has 2 atom stereocenters. The Morgan fingerprint density at radius 1 is 1.40 bits per heavy atom. The maximum atomic E-state index is 13.1. The molecule has 2 fully saturated rings. The Kier molecular flexibility index (Phi) is 2.09. The summed E-state index contributed by atoms with van der Waals surface area (Å²) < 4.78 is 13.1. The summed E-state index contributed by atoms with van der Waals surface area (Å²) in [6.07, 6.45) is 4.21. The highest BCUT2D eigenvalue weighted by Gasteiger charge is 2.37. The van der Waals surface area contributed by atoms with Gasteiger partial charge in [-0.2, -0.15) is 0 Å². The number of fused-ring (bicyclic) bond motifs is 1. The number of nitrogens with one attached hydrogen (secondary N) is 1. The summed E-state index contributed by atoms with van der Waals surface area (Å²) in [5.74, 6) is 0.482. The predicted molar refractivity (Wildman–Crippen MR) is 56.3 cm³/mol. The van der Waals surface area contributed by atoms with Gasteiger partial charge in [0, 0.05) is 31.7 Å². The Balaban J connectivity index is 1.88. The first-order valence-corrected chi connectivity index (χ1v) is 5.42. The molecule has 0 aromatic carbocycles. The van der Waals surface area contributed by atoms with E-state index in [2.05, 4.69) is 15.2 Å². The molecule has 1 N–H and O–H groups in total. The van der Waals surface area contributed by atoms with E-state index in [1.807, 2.05) is 0 Å². The molecule has 2 aliphatic heterocycles. The van der Waals surface area contributed by atoms with Crippen LogP contribution in [0, 0.1) is 11.7 Å².